The van der Waals surface area contributed by atoms with Gasteiger partial charge in [0.25, 0.3) is 0 Å². The predicted octanol–water partition coefficient (Wildman–Crippen LogP) is 3.08. The molecule has 0 bridgehead atoms. The van der Waals surface area contributed by atoms with Crippen LogP contribution in [0.4, 0.5) is 5.95 Å². The lowest BCUT2D eigenvalue weighted by atomic mass is 9.89. The summed E-state index contributed by atoms with van der Waals surface area (Å²) in [5.41, 5.74) is 0. The highest BCUT2D eigenvalue weighted by molar-refractivity contribution is 6.28. The van der Waals surface area contributed by atoms with Gasteiger partial charge < -0.3 is 9.64 Å². The van der Waals surface area contributed by atoms with Crippen LogP contribution < -0.4 is 9.64 Å². The van der Waals surface area contributed by atoms with Gasteiger partial charge in [0.05, 0.1) is 0 Å². The molecule has 1 aromatic heterocycles. The Morgan fingerprint density at radius 2 is 1.75 bits per heavy atom. The van der Waals surface area contributed by atoms with E-state index in [0.717, 1.165) is 31.8 Å². The van der Waals surface area contributed by atoms with Gasteiger partial charge in [0.1, 0.15) is 6.10 Å². The molecule has 1 aliphatic heterocycles. The first-order chi connectivity index (χ1) is 9.70. The fourth-order valence-corrected chi connectivity index (χ4v) is 3.08. The first kappa shape index (κ1) is 13.9. The highest BCUT2D eigenvalue weighted by Crippen LogP contribution is 2.27. The number of halogens is 1. The lowest BCUT2D eigenvalue weighted by molar-refractivity contribution is 0.124. The van der Waals surface area contributed by atoms with E-state index >= 15 is 0 Å². The van der Waals surface area contributed by atoms with E-state index in [4.69, 9.17) is 16.3 Å². The van der Waals surface area contributed by atoms with E-state index in [1.54, 1.807) is 0 Å². The molecule has 6 heteroatoms. The number of ether oxygens (including phenoxy) is 1. The van der Waals surface area contributed by atoms with Gasteiger partial charge in [0.2, 0.25) is 11.2 Å². The van der Waals surface area contributed by atoms with E-state index in [2.05, 4.69) is 26.8 Å². The van der Waals surface area contributed by atoms with Crippen molar-refractivity contribution >= 4 is 17.5 Å². The van der Waals surface area contributed by atoms with E-state index in [1.807, 2.05) is 0 Å². The number of hydrogen-bond acceptors (Lipinski definition) is 5. The summed E-state index contributed by atoms with van der Waals surface area (Å²) in [7, 11) is 0. The largest absolute Gasteiger partial charge is 0.460 e. The normalized spacial score (nSPS) is 26.8. The molecule has 0 atom stereocenters. The minimum absolute atomic E-state index is 0.219. The lowest BCUT2D eigenvalue weighted by Gasteiger charge is -2.26. The van der Waals surface area contributed by atoms with Crippen LogP contribution in [0.2, 0.25) is 5.28 Å². The van der Waals surface area contributed by atoms with Crippen molar-refractivity contribution in [3.05, 3.63) is 5.28 Å². The Bertz CT molecular complexity index is 456. The molecular formula is C14H21ClN4O. The molecule has 0 unspecified atom stereocenters. The van der Waals surface area contributed by atoms with Crippen LogP contribution in [0.1, 0.15) is 45.4 Å². The zero-order valence-corrected chi connectivity index (χ0v) is 12.6. The Kier molecular flexibility index (Phi) is 4.24. The zero-order valence-electron chi connectivity index (χ0n) is 11.9. The summed E-state index contributed by atoms with van der Waals surface area (Å²) in [5.74, 6) is 1.46. The smallest absolute Gasteiger partial charge is 0.322 e. The molecule has 2 fully saturated rings. The summed E-state index contributed by atoms with van der Waals surface area (Å²) in [6.07, 6.45) is 7.15. The van der Waals surface area contributed by atoms with E-state index in [0.29, 0.717) is 12.0 Å². The first-order valence-electron chi connectivity index (χ1n) is 7.54. The van der Waals surface area contributed by atoms with Gasteiger partial charge in [-0.15, -0.1) is 0 Å². The Hall–Kier alpha value is -1.10. The number of aromatic nitrogens is 3. The minimum Gasteiger partial charge on any atom is -0.460 e. The second-order valence-corrected chi connectivity index (χ2v) is 6.22. The molecule has 1 saturated heterocycles. The fraction of sp³-hybridized carbons (Fsp3) is 0.786. The molecule has 1 saturated carbocycles. The Balaban J connectivity index is 1.69. The molecule has 1 aromatic rings. The van der Waals surface area contributed by atoms with Crippen LogP contribution in [0.3, 0.4) is 0 Å². The van der Waals surface area contributed by atoms with Crippen molar-refractivity contribution in [2.24, 2.45) is 5.92 Å². The minimum atomic E-state index is 0.219. The third-order valence-corrected chi connectivity index (χ3v) is 4.37. The monoisotopic (exact) mass is 296 g/mol. The summed E-state index contributed by atoms with van der Waals surface area (Å²) in [4.78, 5) is 14.9. The third-order valence-electron chi connectivity index (χ3n) is 4.20. The van der Waals surface area contributed by atoms with Crippen molar-refractivity contribution in [3.63, 3.8) is 0 Å². The first-order valence-corrected chi connectivity index (χ1v) is 7.91. The average Bonchev–Trinajstić information content (AvgIpc) is 2.95. The van der Waals surface area contributed by atoms with Crippen LogP contribution in [-0.4, -0.2) is 34.1 Å². The molecule has 2 heterocycles. The van der Waals surface area contributed by atoms with Crippen LogP contribution in [-0.2, 0) is 0 Å². The summed E-state index contributed by atoms with van der Waals surface area (Å²) in [5, 5.41) is 0.223. The topological polar surface area (TPSA) is 51.1 Å². The van der Waals surface area contributed by atoms with Crippen LogP contribution >= 0.6 is 11.6 Å². The maximum Gasteiger partial charge on any atom is 0.322 e. The lowest BCUT2D eigenvalue weighted by Crippen LogP contribution is -2.25. The third kappa shape index (κ3) is 3.32. The quantitative estimate of drug-likeness (QED) is 0.858. The molecule has 20 heavy (non-hydrogen) atoms. The second kappa shape index (κ2) is 6.12. The molecule has 0 radical (unpaired) electrons. The van der Waals surface area contributed by atoms with E-state index in [1.165, 1.54) is 25.7 Å². The highest BCUT2D eigenvalue weighted by atomic mass is 35.5. The molecular weight excluding hydrogens is 276 g/mol. The van der Waals surface area contributed by atoms with Gasteiger partial charge in [-0.3, -0.25) is 0 Å². The van der Waals surface area contributed by atoms with Crippen LogP contribution in [0.25, 0.3) is 0 Å². The maximum atomic E-state index is 6.00. The summed E-state index contributed by atoms with van der Waals surface area (Å²) >= 11 is 6.00. The zero-order chi connectivity index (χ0) is 13.9. The van der Waals surface area contributed by atoms with Crippen LogP contribution in [0.15, 0.2) is 0 Å². The molecule has 0 aromatic carbocycles. The van der Waals surface area contributed by atoms with Gasteiger partial charge in [-0.25, -0.2) is 0 Å². The summed E-state index contributed by atoms with van der Waals surface area (Å²) in [6, 6.07) is 0.381. The molecule has 110 valence electrons. The fourth-order valence-electron chi connectivity index (χ4n) is 2.93. The van der Waals surface area contributed by atoms with Gasteiger partial charge in [-0.2, -0.15) is 15.0 Å². The molecule has 1 aliphatic carbocycles. The SMILES string of the molecule is CC1CCC(Oc2nc(Cl)nc(N3CCCC3)n2)CC1. The molecule has 0 N–H and O–H groups in total. The predicted molar refractivity (Wildman–Crippen MR) is 78.3 cm³/mol. The second-order valence-electron chi connectivity index (χ2n) is 5.88. The van der Waals surface area contributed by atoms with Crippen molar-refractivity contribution in [3.8, 4) is 6.01 Å². The Morgan fingerprint density at radius 1 is 1.05 bits per heavy atom. The van der Waals surface area contributed by atoms with E-state index in [9.17, 15) is 0 Å². The van der Waals surface area contributed by atoms with Gasteiger partial charge >= 0.3 is 6.01 Å². The van der Waals surface area contributed by atoms with Crippen LogP contribution in [0.5, 0.6) is 6.01 Å². The van der Waals surface area contributed by atoms with E-state index in [-0.39, 0.29) is 11.4 Å². The Labute approximate surface area is 124 Å². The van der Waals surface area contributed by atoms with Gasteiger partial charge in [0.15, 0.2) is 0 Å². The molecule has 0 amide bonds. The maximum absolute atomic E-state index is 6.00. The van der Waals surface area contributed by atoms with Gasteiger partial charge in [0, 0.05) is 13.1 Å². The summed E-state index contributed by atoms with van der Waals surface area (Å²) < 4.78 is 5.91. The van der Waals surface area contributed by atoms with Crippen molar-refractivity contribution in [1.29, 1.82) is 0 Å². The highest BCUT2D eigenvalue weighted by Gasteiger charge is 2.22. The summed E-state index contributed by atoms with van der Waals surface area (Å²) in [6.45, 7) is 4.27. The number of nitrogens with zero attached hydrogens (tertiary/aromatic N) is 4. The van der Waals surface area contributed by atoms with Gasteiger partial charge in [-0.1, -0.05) is 6.92 Å². The van der Waals surface area contributed by atoms with Crippen molar-refractivity contribution < 1.29 is 4.74 Å². The van der Waals surface area contributed by atoms with Crippen molar-refractivity contribution in [2.45, 2.75) is 51.6 Å². The molecule has 3 rings (SSSR count). The molecule has 5 nitrogen and oxygen atoms in total. The van der Waals surface area contributed by atoms with Crippen molar-refractivity contribution in [2.75, 3.05) is 18.0 Å². The average molecular weight is 297 g/mol. The Morgan fingerprint density at radius 3 is 2.45 bits per heavy atom. The van der Waals surface area contributed by atoms with Crippen molar-refractivity contribution in [1.82, 2.24) is 15.0 Å². The number of hydrogen-bond donors (Lipinski definition) is 0. The number of rotatable bonds is 3. The molecule has 2 aliphatic rings. The molecule has 0 spiro atoms. The van der Waals surface area contributed by atoms with E-state index < -0.39 is 0 Å². The number of anilines is 1. The van der Waals surface area contributed by atoms with Crippen LogP contribution in [0, 0.1) is 5.92 Å². The van der Waals surface area contributed by atoms with Gasteiger partial charge in [-0.05, 0) is 56.0 Å². The standard InChI is InChI=1S/C14H21ClN4O/c1-10-4-6-11(7-5-10)20-14-17-12(15)16-13(18-14)19-8-2-3-9-19/h10-11H,2-9H2,1H3.